The topological polar surface area (TPSA) is 12.0 Å². The van der Waals surface area contributed by atoms with Gasteiger partial charge in [-0.25, -0.2) is 0 Å². The molecule has 0 aromatic rings. The molecule has 2 aliphatic rings. The Balaban J connectivity index is 1.87. The molecule has 1 aliphatic heterocycles. The van der Waals surface area contributed by atoms with Gasteiger partial charge >= 0.3 is 0 Å². The van der Waals surface area contributed by atoms with E-state index in [1.54, 1.807) is 0 Å². The Bertz CT molecular complexity index is 145. The summed E-state index contributed by atoms with van der Waals surface area (Å²) in [7, 11) is 0. The summed E-state index contributed by atoms with van der Waals surface area (Å²) < 4.78 is 0. The molecule has 0 aromatic carbocycles. The first-order valence-electron chi connectivity index (χ1n) is 4.87. The highest BCUT2D eigenvalue weighted by molar-refractivity contribution is 4.98. The van der Waals surface area contributed by atoms with Gasteiger partial charge in [0.2, 0.25) is 0 Å². The first-order valence-corrected chi connectivity index (χ1v) is 4.87. The van der Waals surface area contributed by atoms with E-state index in [2.05, 4.69) is 17.6 Å². The fraction of sp³-hybridized carbons (Fsp3) is 0.800. The van der Waals surface area contributed by atoms with E-state index in [1.165, 1.54) is 38.6 Å². The van der Waals surface area contributed by atoms with Crippen LogP contribution >= 0.6 is 0 Å². The molecule has 1 nitrogen and oxygen atoms in total. The van der Waals surface area contributed by atoms with E-state index in [4.69, 9.17) is 0 Å². The molecule has 0 amide bonds. The van der Waals surface area contributed by atoms with Crippen LogP contribution in [0, 0.1) is 11.8 Å². The van der Waals surface area contributed by atoms with Crippen molar-refractivity contribution in [1.29, 1.82) is 0 Å². The maximum Gasteiger partial charge on any atom is 0.0207 e. The third-order valence-electron chi connectivity index (χ3n) is 3.07. The minimum atomic E-state index is 0.857. The molecular weight excluding hydrogens is 134 g/mol. The van der Waals surface area contributed by atoms with Gasteiger partial charge in [-0.15, -0.1) is 0 Å². The highest BCUT2D eigenvalue weighted by Crippen LogP contribution is 2.31. The van der Waals surface area contributed by atoms with Crippen molar-refractivity contribution in [2.24, 2.45) is 11.8 Å². The minimum absolute atomic E-state index is 0.857. The largest absolute Gasteiger partial charge is 0.391 e. The SMILES string of the molecule is C1=CC(C2CCCCC2)CN1. The molecule has 1 heteroatoms. The molecule has 1 aliphatic carbocycles. The molecule has 11 heavy (non-hydrogen) atoms. The fourth-order valence-corrected chi connectivity index (χ4v) is 2.35. The summed E-state index contributed by atoms with van der Waals surface area (Å²) in [5.74, 6) is 1.85. The van der Waals surface area contributed by atoms with Crippen LogP contribution in [0.1, 0.15) is 32.1 Å². The van der Waals surface area contributed by atoms with E-state index in [9.17, 15) is 0 Å². The van der Waals surface area contributed by atoms with Crippen molar-refractivity contribution in [2.45, 2.75) is 32.1 Å². The highest BCUT2D eigenvalue weighted by Gasteiger charge is 2.22. The normalized spacial score (nSPS) is 32.2. The lowest BCUT2D eigenvalue weighted by Crippen LogP contribution is -2.20. The first-order chi connectivity index (χ1) is 5.47. The Morgan fingerprint density at radius 2 is 1.91 bits per heavy atom. The zero-order valence-corrected chi connectivity index (χ0v) is 7.05. The lowest BCUT2D eigenvalue weighted by Gasteiger charge is -2.25. The van der Waals surface area contributed by atoms with Crippen LogP contribution in [0.4, 0.5) is 0 Å². The van der Waals surface area contributed by atoms with E-state index in [1.807, 2.05) is 0 Å². The van der Waals surface area contributed by atoms with Crippen LogP contribution in [-0.4, -0.2) is 6.54 Å². The Morgan fingerprint density at radius 3 is 2.55 bits per heavy atom. The third kappa shape index (κ3) is 1.58. The van der Waals surface area contributed by atoms with Crippen molar-refractivity contribution in [2.75, 3.05) is 6.54 Å². The van der Waals surface area contributed by atoms with Crippen molar-refractivity contribution in [1.82, 2.24) is 5.32 Å². The maximum absolute atomic E-state index is 3.29. The molecule has 0 aromatic heterocycles. The summed E-state index contributed by atoms with van der Waals surface area (Å²) in [6.07, 6.45) is 11.8. The van der Waals surface area contributed by atoms with Crippen LogP contribution in [0.5, 0.6) is 0 Å². The zero-order valence-electron chi connectivity index (χ0n) is 7.05. The second-order valence-electron chi connectivity index (χ2n) is 3.83. The average molecular weight is 151 g/mol. The van der Waals surface area contributed by atoms with Gasteiger partial charge in [-0.1, -0.05) is 25.3 Å². The van der Waals surface area contributed by atoms with Crippen LogP contribution in [0.2, 0.25) is 0 Å². The molecule has 0 saturated heterocycles. The highest BCUT2D eigenvalue weighted by atomic mass is 14.9. The average Bonchev–Trinajstić information content (AvgIpc) is 2.58. The summed E-state index contributed by atoms with van der Waals surface area (Å²) in [4.78, 5) is 0. The molecule has 0 radical (unpaired) electrons. The van der Waals surface area contributed by atoms with E-state index < -0.39 is 0 Å². The molecule has 1 N–H and O–H groups in total. The van der Waals surface area contributed by atoms with Gasteiger partial charge in [0.05, 0.1) is 0 Å². The standard InChI is InChI=1S/C10H17N/c1-2-4-9(5-3-1)10-6-7-11-8-10/h6-7,9-11H,1-5,8H2. The van der Waals surface area contributed by atoms with E-state index >= 15 is 0 Å². The fourth-order valence-electron chi connectivity index (χ4n) is 2.35. The minimum Gasteiger partial charge on any atom is -0.391 e. The van der Waals surface area contributed by atoms with Crippen LogP contribution in [0.15, 0.2) is 12.3 Å². The molecule has 0 spiro atoms. The van der Waals surface area contributed by atoms with E-state index in [0.29, 0.717) is 0 Å². The van der Waals surface area contributed by atoms with Gasteiger partial charge in [0.25, 0.3) is 0 Å². The van der Waals surface area contributed by atoms with Crippen molar-refractivity contribution >= 4 is 0 Å². The predicted octanol–water partition coefficient (Wildman–Crippen LogP) is 2.30. The molecule has 62 valence electrons. The molecule has 1 atom stereocenters. The lowest BCUT2D eigenvalue weighted by molar-refractivity contribution is 0.292. The Hall–Kier alpha value is -0.460. The van der Waals surface area contributed by atoms with Gasteiger partial charge in [-0.2, -0.15) is 0 Å². The summed E-state index contributed by atoms with van der Waals surface area (Å²) in [6, 6.07) is 0. The summed E-state index contributed by atoms with van der Waals surface area (Å²) in [5, 5.41) is 3.29. The van der Waals surface area contributed by atoms with Crippen molar-refractivity contribution in [3.05, 3.63) is 12.3 Å². The molecule has 1 unspecified atom stereocenters. The van der Waals surface area contributed by atoms with Crippen molar-refractivity contribution in [3.8, 4) is 0 Å². The summed E-state index contributed by atoms with van der Waals surface area (Å²) in [5.41, 5.74) is 0. The summed E-state index contributed by atoms with van der Waals surface area (Å²) in [6.45, 7) is 1.20. The number of hydrogen-bond acceptors (Lipinski definition) is 1. The van der Waals surface area contributed by atoms with Crippen LogP contribution in [0.25, 0.3) is 0 Å². The van der Waals surface area contributed by atoms with Crippen LogP contribution in [-0.2, 0) is 0 Å². The number of nitrogens with one attached hydrogen (secondary N) is 1. The van der Waals surface area contributed by atoms with Gasteiger partial charge in [-0.3, -0.25) is 0 Å². The van der Waals surface area contributed by atoms with Gasteiger partial charge in [0.1, 0.15) is 0 Å². The Kier molecular flexibility index (Phi) is 2.16. The first kappa shape index (κ1) is 7.20. The van der Waals surface area contributed by atoms with Crippen molar-refractivity contribution < 1.29 is 0 Å². The maximum atomic E-state index is 3.29. The monoisotopic (exact) mass is 151 g/mol. The van der Waals surface area contributed by atoms with Gasteiger partial charge < -0.3 is 5.32 Å². The number of hydrogen-bond donors (Lipinski definition) is 1. The van der Waals surface area contributed by atoms with Gasteiger partial charge in [0.15, 0.2) is 0 Å². The quantitative estimate of drug-likeness (QED) is 0.606. The second-order valence-corrected chi connectivity index (χ2v) is 3.83. The lowest BCUT2D eigenvalue weighted by atomic mass is 9.80. The predicted molar refractivity (Wildman–Crippen MR) is 47.2 cm³/mol. The van der Waals surface area contributed by atoms with Crippen LogP contribution < -0.4 is 5.32 Å². The molecule has 2 rings (SSSR count). The summed E-state index contributed by atoms with van der Waals surface area (Å²) >= 11 is 0. The second kappa shape index (κ2) is 3.29. The van der Waals surface area contributed by atoms with E-state index in [0.717, 1.165) is 11.8 Å². The smallest absolute Gasteiger partial charge is 0.0207 e. The van der Waals surface area contributed by atoms with Crippen molar-refractivity contribution in [3.63, 3.8) is 0 Å². The van der Waals surface area contributed by atoms with E-state index in [-0.39, 0.29) is 0 Å². The molecule has 0 bridgehead atoms. The third-order valence-corrected chi connectivity index (χ3v) is 3.07. The Morgan fingerprint density at radius 1 is 1.09 bits per heavy atom. The molecule has 1 saturated carbocycles. The number of rotatable bonds is 1. The van der Waals surface area contributed by atoms with Gasteiger partial charge in [0, 0.05) is 6.54 Å². The van der Waals surface area contributed by atoms with Gasteiger partial charge in [-0.05, 0) is 30.9 Å². The Labute approximate surface area is 68.9 Å². The zero-order chi connectivity index (χ0) is 7.52. The molecular formula is C10H17N. The molecule has 1 fully saturated rings. The van der Waals surface area contributed by atoms with Crippen LogP contribution in [0.3, 0.4) is 0 Å². The molecule has 1 heterocycles.